The first kappa shape index (κ1) is 21.8. The smallest absolute Gasteiger partial charge is 0.248 e. The summed E-state index contributed by atoms with van der Waals surface area (Å²) in [5.41, 5.74) is 1.92. The lowest BCUT2D eigenvalue weighted by atomic mass is 10.00. The van der Waals surface area contributed by atoms with Gasteiger partial charge < -0.3 is 9.15 Å². The van der Waals surface area contributed by atoms with E-state index in [1.807, 2.05) is 38.1 Å². The Morgan fingerprint density at radius 1 is 1.23 bits per heavy atom. The molecule has 7 nitrogen and oxygen atoms in total. The van der Waals surface area contributed by atoms with Crippen molar-refractivity contribution in [2.45, 2.75) is 37.5 Å². The van der Waals surface area contributed by atoms with Gasteiger partial charge in [0.05, 0.1) is 22.4 Å². The van der Waals surface area contributed by atoms with E-state index in [1.54, 1.807) is 6.07 Å². The molecule has 9 heteroatoms. The Morgan fingerprint density at radius 2 is 2.03 bits per heavy atom. The highest BCUT2D eigenvalue weighted by molar-refractivity contribution is 7.89. The Bertz CT molecular complexity index is 1180. The van der Waals surface area contributed by atoms with Gasteiger partial charge in [0.15, 0.2) is 0 Å². The van der Waals surface area contributed by atoms with Crippen molar-refractivity contribution >= 4 is 21.6 Å². The number of piperidine rings is 1. The van der Waals surface area contributed by atoms with Gasteiger partial charge >= 0.3 is 0 Å². The molecule has 1 saturated heterocycles. The molecule has 4 rings (SSSR count). The first-order valence-corrected chi connectivity index (χ1v) is 12.0. The van der Waals surface area contributed by atoms with Crippen LogP contribution in [0.5, 0.6) is 5.75 Å². The number of ether oxygens (including phenoxy) is 1. The van der Waals surface area contributed by atoms with Crippen molar-refractivity contribution in [3.8, 4) is 17.2 Å². The summed E-state index contributed by atoms with van der Waals surface area (Å²) >= 11 is 6.21. The lowest BCUT2D eigenvalue weighted by molar-refractivity contribution is 0.286. The summed E-state index contributed by atoms with van der Waals surface area (Å²) in [6.07, 6.45) is 1.49. The number of hydrogen-bond donors (Lipinski definition) is 0. The van der Waals surface area contributed by atoms with E-state index in [9.17, 15) is 8.42 Å². The van der Waals surface area contributed by atoms with Crippen molar-refractivity contribution in [1.29, 1.82) is 0 Å². The van der Waals surface area contributed by atoms with Gasteiger partial charge in [-0.15, -0.1) is 10.2 Å². The van der Waals surface area contributed by atoms with Crippen LogP contribution in [0, 0.1) is 6.92 Å². The Kier molecular flexibility index (Phi) is 6.31. The van der Waals surface area contributed by atoms with E-state index in [0.29, 0.717) is 37.1 Å². The largest absolute Gasteiger partial charge is 0.492 e. The molecule has 31 heavy (non-hydrogen) atoms. The molecule has 0 radical (unpaired) electrons. The number of hydrogen-bond acceptors (Lipinski definition) is 6. The lowest BCUT2D eigenvalue weighted by Gasteiger charge is -2.30. The van der Waals surface area contributed by atoms with Crippen LogP contribution in [-0.4, -0.2) is 42.6 Å². The second kappa shape index (κ2) is 8.98. The normalized spacial score (nSPS) is 17.6. The van der Waals surface area contributed by atoms with Crippen molar-refractivity contribution in [1.82, 2.24) is 14.5 Å². The fraction of sp³-hybridized carbons (Fsp3) is 0.364. The third-order valence-electron chi connectivity index (χ3n) is 5.39. The van der Waals surface area contributed by atoms with E-state index in [1.165, 1.54) is 16.4 Å². The Balaban J connectivity index is 1.55. The quantitative estimate of drug-likeness (QED) is 0.530. The molecule has 3 aromatic rings. The molecule has 1 atom stereocenters. The van der Waals surface area contributed by atoms with Gasteiger partial charge in [0.25, 0.3) is 0 Å². The molecular formula is C22H24ClN3O4S. The standard InChI is InChI=1S/C22H24ClN3O4S/c1-3-29-20-11-10-17(13-19(20)23)31(27,28)26-12-6-8-16(14-26)21-24-25-22(30-21)18-9-5-4-7-15(18)2/h4-5,7,9-11,13,16H,3,6,8,12,14H2,1-2H3/t16-/m1/s1. The van der Waals surface area contributed by atoms with Crippen LogP contribution >= 0.6 is 11.6 Å². The minimum Gasteiger partial charge on any atom is -0.492 e. The highest BCUT2D eigenvalue weighted by Crippen LogP contribution is 2.33. The third kappa shape index (κ3) is 4.46. The van der Waals surface area contributed by atoms with Crippen LogP contribution < -0.4 is 4.74 Å². The summed E-state index contributed by atoms with van der Waals surface area (Å²) in [4.78, 5) is 0.146. The zero-order valence-corrected chi connectivity index (χ0v) is 19.0. The lowest BCUT2D eigenvalue weighted by Crippen LogP contribution is -2.39. The van der Waals surface area contributed by atoms with Crippen molar-refractivity contribution in [3.05, 3.63) is 58.9 Å². The molecular weight excluding hydrogens is 438 g/mol. The van der Waals surface area contributed by atoms with E-state index in [4.69, 9.17) is 20.8 Å². The zero-order valence-electron chi connectivity index (χ0n) is 17.4. The molecule has 2 heterocycles. The first-order chi connectivity index (χ1) is 14.9. The monoisotopic (exact) mass is 461 g/mol. The summed E-state index contributed by atoms with van der Waals surface area (Å²) < 4.78 is 39.2. The van der Waals surface area contributed by atoms with Crippen molar-refractivity contribution in [3.63, 3.8) is 0 Å². The number of aryl methyl sites for hydroxylation is 1. The molecule has 0 bridgehead atoms. The van der Waals surface area contributed by atoms with E-state index in [2.05, 4.69) is 10.2 Å². The number of benzene rings is 2. The molecule has 2 aromatic carbocycles. The maximum absolute atomic E-state index is 13.2. The number of nitrogens with zero attached hydrogens (tertiary/aromatic N) is 3. The SMILES string of the molecule is CCOc1ccc(S(=O)(=O)N2CCC[C@@H](c3nnc(-c4ccccc4C)o3)C2)cc1Cl. The molecule has 0 unspecified atom stereocenters. The Morgan fingerprint density at radius 3 is 2.77 bits per heavy atom. The molecule has 0 N–H and O–H groups in total. The van der Waals surface area contributed by atoms with E-state index in [0.717, 1.165) is 17.5 Å². The van der Waals surface area contributed by atoms with Gasteiger partial charge in [-0.25, -0.2) is 8.42 Å². The van der Waals surface area contributed by atoms with Gasteiger partial charge in [-0.1, -0.05) is 29.8 Å². The molecule has 0 amide bonds. The average Bonchev–Trinajstić information content (AvgIpc) is 3.26. The number of aromatic nitrogens is 2. The van der Waals surface area contributed by atoms with Crippen LogP contribution in [0.25, 0.3) is 11.5 Å². The summed E-state index contributed by atoms with van der Waals surface area (Å²) in [5.74, 6) is 1.22. The van der Waals surface area contributed by atoms with Crippen LogP contribution in [0.15, 0.2) is 51.8 Å². The second-order valence-electron chi connectivity index (χ2n) is 7.49. The Hall–Kier alpha value is -2.42. The predicted octanol–water partition coefficient (Wildman–Crippen LogP) is 4.67. The Labute approximate surface area is 187 Å². The first-order valence-electron chi connectivity index (χ1n) is 10.2. The summed E-state index contributed by atoms with van der Waals surface area (Å²) in [6.45, 7) is 4.99. The van der Waals surface area contributed by atoms with E-state index < -0.39 is 10.0 Å². The number of rotatable bonds is 6. The van der Waals surface area contributed by atoms with Gasteiger partial charge in [0.2, 0.25) is 21.8 Å². The van der Waals surface area contributed by atoms with Crippen LogP contribution in [0.1, 0.15) is 37.1 Å². The van der Waals surface area contributed by atoms with E-state index >= 15 is 0 Å². The highest BCUT2D eigenvalue weighted by atomic mass is 35.5. The van der Waals surface area contributed by atoms with Gasteiger partial charge in [-0.3, -0.25) is 0 Å². The van der Waals surface area contributed by atoms with Crippen molar-refractivity contribution < 1.29 is 17.6 Å². The number of halogens is 1. The second-order valence-corrected chi connectivity index (χ2v) is 9.83. The molecule has 164 valence electrons. The summed E-state index contributed by atoms with van der Waals surface area (Å²) in [5, 5.41) is 8.68. The molecule has 0 saturated carbocycles. The fourth-order valence-electron chi connectivity index (χ4n) is 3.75. The highest BCUT2D eigenvalue weighted by Gasteiger charge is 2.33. The molecule has 1 aliphatic heterocycles. The van der Waals surface area contributed by atoms with Crippen LogP contribution in [0.4, 0.5) is 0 Å². The predicted molar refractivity (Wildman–Crippen MR) is 118 cm³/mol. The van der Waals surface area contributed by atoms with Crippen LogP contribution in [0.3, 0.4) is 0 Å². The van der Waals surface area contributed by atoms with Gasteiger partial charge in [-0.05, 0) is 56.5 Å². The fourth-order valence-corrected chi connectivity index (χ4v) is 5.60. The average molecular weight is 462 g/mol. The summed E-state index contributed by atoms with van der Waals surface area (Å²) in [7, 11) is -3.71. The maximum Gasteiger partial charge on any atom is 0.248 e. The van der Waals surface area contributed by atoms with Gasteiger partial charge in [-0.2, -0.15) is 4.31 Å². The summed E-state index contributed by atoms with van der Waals surface area (Å²) in [6, 6.07) is 12.3. The van der Waals surface area contributed by atoms with Gasteiger partial charge in [0.1, 0.15) is 5.75 Å². The number of sulfonamides is 1. The minimum atomic E-state index is -3.71. The minimum absolute atomic E-state index is 0.146. The third-order valence-corrected chi connectivity index (χ3v) is 7.55. The van der Waals surface area contributed by atoms with Crippen molar-refractivity contribution in [2.75, 3.05) is 19.7 Å². The van der Waals surface area contributed by atoms with Crippen LogP contribution in [0.2, 0.25) is 5.02 Å². The topological polar surface area (TPSA) is 85.5 Å². The van der Waals surface area contributed by atoms with Crippen LogP contribution in [-0.2, 0) is 10.0 Å². The molecule has 1 aliphatic rings. The molecule has 1 fully saturated rings. The molecule has 0 aliphatic carbocycles. The van der Waals surface area contributed by atoms with E-state index in [-0.39, 0.29) is 22.4 Å². The molecule has 0 spiro atoms. The molecule has 1 aromatic heterocycles. The maximum atomic E-state index is 13.2. The van der Waals surface area contributed by atoms with Crippen molar-refractivity contribution in [2.24, 2.45) is 0 Å². The zero-order chi connectivity index (χ0) is 22.0. The van der Waals surface area contributed by atoms with Gasteiger partial charge in [0, 0.05) is 18.7 Å².